The maximum atomic E-state index is 9.61. The van der Waals surface area contributed by atoms with Gasteiger partial charge >= 0.3 is 0 Å². The normalized spacial score (nSPS) is 20.6. The van der Waals surface area contributed by atoms with E-state index >= 15 is 0 Å². The lowest BCUT2D eigenvalue weighted by atomic mass is 9.75. The van der Waals surface area contributed by atoms with Gasteiger partial charge in [0.2, 0.25) is 0 Å². The average Bonchev–Trinajstić information content (AvgIpc) is 3.16. The summed E-state index contributed by atoms with van der Waals surface area (Å²) < 4.78 is 11.3. The molecule has 1 aromatic rings. The fourth-order valence-corrected chi connectivity index (χ4v) is 3.69. The number of rotatable bonds is 7. The minimum absolute atomic E-state index is 0.382. The average molecular weight is 328 g/mol. The minimum atomic E-state index is -0.382. The number of unbranched alkanes of at least 4 members (excludes halogenated alkanes) is 1. The van der Waals surface area contributed by atoms with Crippen LogP contribution < -0.4 is 4.74 Å². The van der Waals surface area contributed by atoms with Crippen molar-refractivity contribution in [1.29, 1.82) is 5.26 Å². The zero-order chi connectivity index (χ0) is 16.7. The number of nitriles is 1. The second-order valence-electron chi connectivity index (χ2n) is 6.93. The van der Waals surface area contributed by atoms with Crippen LogP contribution in [0.1, 0.15) is 44.1 Å². The van der Waals surface area contributed by atoms with Gasteiger partial charge in [-0.05, 0) is 75.9 Å². The molecule has 24 heavy (non-hydrogen) atoms. The second kappa shape index (κ2) is 8.50. The summed E-state index contributed by atoms with van der Waals surface area (Å²) in [6, 6.07) is 10.6. The van der Waals surface area contributed by atoms with Crippen molar-refractivity contribution in [3.05, 3.63) is 29.8 Å². The molecule has 3 rings (SSSR count). The van der Waals surface area contributed by atoms with Crippen LogP contribution in [0, 0.1) is 11.3 Å². The molecule has 4 nitrogen and oxygen atoms in total. The van der Waals surface area contributed by atoms with Crippen molar-refractivity contribution >= 4 is 0 Å². The van der Waals surface area contributed by atoms with Gasteiger partial charge < -0.3 is 14.4 Å². The first-order valence-electron chi connectivity index (χ1n) is 9.27. The fourth-order valence-electron chi connectivity index (χ4n) is 3.69. The Morgan fingerprint density at radius 2 is 1.79 bits per heavy atom. The van der Waals surface area contributed by atoms with Crippen LogP contribution in [0.5, 0.6) is 5.75 Å². The molecule has 0 atom stereocenters. The van der Waals surface area contributed by atoms with Gasteiger partial charge in [-0.1, -0.05) is 12.1 Å². The molecule has 0 aromatic heterocycles. The van der Waals surface area contributed by atoms with Crippen LogP contribution in [-0.2, 0) is 10.2 Å². The van der Waals surface area contributed by atoms with Crippen molar-refractivity contribution in [2.45, 2.75) is 43.9 Å². The molecule has 2 aliphatic heterocycles. The van der Waals surface area contributed by atoms with E-state index in [1.165, 1.54) is 38.9 Å². The van der Waals surface area contributed by atoms with Crippen LogP contribution in [0.4, 0.5) is 0 Å². The number of nitrogens with zero attached hydrogens (tertiary/aromatic N) is 2. The van der Waals surface area contributed by atoms with E-state index in [9.17, 15) is 5.26 Å². The highest BCUT2D eigenvalue weighted by Crippen LogP contribution is 2.34. The van der Waals surface area contributed by atoms with Crippen molar-refractivity contribution in [3.8, 4) is 11.8 Å². The highest BCUT2D eigenvalue weighted by Gasteiger charge is 2.34. The summed E-state index contributed by atoms with van der Waals surface area (Å²) in [5.41, 5.74) is 0.710. The number of hydrogen-bond acceptors (Lipinski definition) is 4. The molecule has 2 saturated heterocycles. The molecule has 0 spiro atoms. The standard InChI is InChI=1S/C20H28N2O2/c21-17-20(9-15-23-16-10-20)18-5-7-19(8-6-18)24-14-4-3-13-22-11-1-2-12-22/h5-8H,1-4,9-16H2. The first-order valence-corrected chi connectivity index (χ1v) is 9.27. The second-order valence-corrected chi connectivity index (χ2v) is 6.93. The van der Waals surface area contributed by atoms with E-state index in [0.29, 0.717) is 13.2 Å². The van der Waals surface area contributed by atoms with E-state index in [0.717, 1.165) is 37.2 Å². The van der Waals surface area contributed by atoms with Crippen LogP contribution in [0.2, 0.25) is 0 Å². The highest BCUT2D eigenvalue weighted by atomic mass is 16.5. The summed E-state index contributed by atoms with van der Waals surface area (Å²) in [4.78, 5) is 2.55. The Hall–Kier alpha value is -1.57. The third kappa shape index (κ3) is 4.28. The Bertz CT molecular complexity index is 538. The summed E-state index contributed by atoms with van der Waals surface area (Å²) in [6.07, 6.45) is 6.58. The van der Waals surface area contributed by atoms with Crippen LogP contribution in [0.3, 0.4) is 0 Å². The lowest BCUT2D eigenvalue weighted by Crippen LogP contribution is -2.32. The Morgan fingerprint density at radius 3 is 2.46 bits per heavy atom. The van der Waals surface area contributed by atoms with Gasteiger partial charge in [-0.2, -0.15) is 5.26 Å². The summed E-state index contributed by atoms with van der Waals surface area (Å²) in [5, 5.41) is 9.61. The van der Waals surface area contributed by atoms with Gasteiger partial charge in [0, 0.05) is 13.2 Å². The third-order valence-electron chi connectivity index (χ3n) is 5.30. The summed E-state index contributed by atoms with van der Waals surface area (Å²) in [6.45, 7) is 5.85. The molecule has 4 heteroatoms. The predicted octanol–water partition coefficient (Wildman–Crippen LogP) is 3.51. The van der Waals surface area contributed by atoms with Crippen LogP contribution in [0.15, 0.2) is 24.3 Å². The van der Waals surface area contributed by atoms with Gasteiger partial charge in [-0.25, -0.2) is 0 Å². The number of benzene rings is 1. The monoisotopic (exact) mass is 328 g/mol. The molecular formula is C20H28N2O2. The zero-order valence-corrected chi connectivity index (χ0v) is 14.5. The van der Waals surface area contributed by atoms with Gasteiger partial charge in [0.15, 0.2) is 0 Å². The van der Waals surface area contributed by atoms with Crippen molar-refractivity contribution in [3.63, 3.8) is 0 Å². The van der Waals surface area contributed by atoms with Crippen molar-refractivity contribution in [2.24, 2.45) is 0 Å². The minimum Gasteiger partial charge on any atom is -0.494 e. The maximum Gasteiger partial charge on any atom is 0.119 e. The lowest BCUT2D eigenvalue weighted by Gasteiger charge is -2.31. The van der Waals surface area contributed by atoms with Crippen molar-refractivity contribution < 1.29 is 9.47 Å². The molecule has 0 radical (unpaired) electrons. The number of hydrogen-bond donors (Lipinski definition) is 0. The van der Waals surface area contributed by atoms with E-state index in [1.807, 2.05) is 24.3 Å². The predicted molar refractivity (Wildman–Crippen MR) is 94.2 cm³/mol. The summed E-state index contributed by atoms with van der Waals surface area (Å²) >= 11 is 0. The molecule has 0 N–H and O–H groups in total. The molecular weight excluding hydrogens is 300 g/mol. The van der Waals surface area contributed by atoms with Crippen LogP contribution >= 0.6 is 0 Å². The first-order chi connectivity index (χ1) is 11.8. The Morgan fingerprint density at radius 1 is 1.08 bits per heavy atom. The first kappa shape index (κ1) is 17.3. The van der Waals surface area contributed by atoms with Crippen LogP contribution in [-0.4, -0.2) is 44.4 Å². The van der Waals surface area contributed by atoms with Gasteiger partial charge in [0.1, 0.15) is 5.75 Å². The lowest BCUT2D eigenvalue weighted by molar-refractivity contribution is 0.0675. The van der Waals surface area contributed by atoms with E-state index in [4.69, 9.17) is 9.47 Å². The van der Waals surface area contributed by atoms with E-state index in [-0.39, 0.29) is 5.41 Å². The number of likely N-dealkylation sites (tertiary alicyclic amines) is 1. The van der Waals surface area contributed by atoms with E-state index < -0.39 is 0 Å². The van der Waals surface area contributed by atoms with Crippen molar-refractivity contribution in [1.82, 2.24) is 4.90 Å². The van der Waals surface area contributed by atoms with Gasteiger partial charge in [-0.15, -0.1) is 0 Å². The molecule has 0 unspecified atom stereocenters. The summed E-state index contributed by atoms with van der Waals surface area (Å²) in [7, 11) is 0. The smallest absolute Gasteiger partial charge is 0.119 e. The van der Waals surface area contributed by atoms with E-state index in [2.05, 4.69) is 11.0 Å². The van der Waals surface area contributed by atoms with Crippen LogP contribution in [0.25, 0.3) is 0 Å². The molecule has 2 fully saturated rings. The molecule has 2 aliphatic rings. The largest absolute Gasteiger partial charge is 0.494 e. The van der Waals surface area contributed by atoms with Gasteiger partial charge in [0.05, 0.1) is 18.1 Å². The van der Waals surface area contributed by atoms with Gasteiger partial charge in [0.25, 0.3) is 0 Å². The Balaban J connectivity index is 1.43. The Kier molecular flexibility index (Phi) is 6.12. The number of ether oxygens (including phenoxy) is 2. The Labute approximate surface area is 145 Å². The fraction of sp³-hybridized carbons (Fsp3) is 0.650. The van der Waals surface area contributed by atoms with Gasteiger partial charge in [-0.3, -0.25) is 0 Å². The topological polar surface area (TPSA) is 45.5 Å². The van der Waals surface area contributed by atoms with Crippen molar-refractivity contribution in [2.75, 3.05) is 39.5 Å². The third-order valence-corrected chi connectivity index (χ3v) is 5.30. The molecule has 0 amide bonds. The zero-order valence-electron chi connectivity index (χ0n) is 14.5. The highest BCUT2D eigenvalue weighted by molar-refractivity contribution is 5.37. The summed E-state index contributed by atoms with van der Waals surface area (Å²) in [5.74, 6) is 0.903. The molecule has 2 heterocycles. The molecule has 1 aromatic carbocycles. The maximum absolute atomic E-state index is 9.61. The quantitative estimate of drug-likeness (QED) is 0.719. The molecule has 0 bridgehead atoms. The van der Waals surface area contributed by atoms with E-state index in [1.54, 1.807) is 0 Å². The molecule has 0 aliphatic carbocycles. The SMILES string of the molecule is N#CC1(c2ccc(OCCCCN3CCCC3)cc2)CCOCC1. The molecule has 0 saturated carbocycles. The molecule has 130 valence electrons.